The van der Waals surface area contributed by atoms with Crippen molar-refractivity contribution in [3.63, 3.8) is 0 Å². The average molecular weight is 496 g/mol. The van der Waals surface area contributed by atoms with Gasteiger partial charge in [-0.15, -0.1) is 0 Å². The van der Waals surface area contributed by atoms with Crippen LogP contribution in [0, 0.1) is 0 Å². The molecular formula is C24H36F3N7O. The van der Waals surface area contributed by atoms with Gasteiger partial charge in [-0.25, -0.2) is 15.0 Å². The summed E-state index contributed by atoms with van der Waals surface area (Å²) < 4.78 is 31.4. The molecule has 4 rings (SSSR count). The largest absolute Gasteiger partial charge is 0.379 e. The van der Waals surface area contributed by atoms with E-state index in [0.29, 0.717) is 24.6 Å². The van der Waals surface area contributed by atoms with Crippen LogP contribution in [0.3, 0.4) is 0 Å². The normalized spacial score (nSPS) is 16.6. The molecule has 2 aromatic rings. The van der Waals surface area contributed by atoms with E-state index in [-0.39, 0.29) is 11.4 Å². The van der Waals surface area contributed by atoms with Gasteiger partial charge in [0, 0.05) is 55.8 Å². The predicted octanol–water partition coefficient (Wildman–Crippen LogP) is 4.07. The predicted molar refractivity (Wildman–Crippen MR) is 130 cm³/mol. The second-order valence-corrected chi connectivity index (χ2v) is 9.90. The fourth-order valence-corrected chi connectivity index (χ4v) is 4.51. The summed E-state index contributed by atoms with van der Waals surface area (Å²) in [5.41, 5.74) is 2.37. The molecule has 0 spiro atoms. The number of hydrogen-bond donors (Lipinski definition) is 2. The molecule has 1 fully saturated rings. The Kier molecular flexibility index (Phi) is 9.09. The van der Waals surface area contributed by atoms with Crippen LogP contribution in [-0.2, 0) is 24.2 Å². The number of piperidine rings is 1. The van der Waals surface area contributed by atoms with Gasteiger partial charge in [0.2, 0.25) is 5.91 Å². The SMILES string of the molecule is CCc1cn(CCNC(C)(C)C)c(C2CCN(c3ncnc4c3CCC(=O)N4)CC2)n1.FC(F)F. The first kappa shape index (κ1) is 26.9. The number of aryl methyl sites for hydroxylation is 1. The molecule has 35 heavy (non-hydrogen) atoms. The second-order valence-electron chi connectivity index (χ2n) is 9.90. The molecule has 0 radical (unpaired) electrons. The summed E-state index contributed by atoms with van der Waals surface area (Å²) in [4.78, 5) is 27.9. The van der Waals surface area contributed by atoms with Gasteiger partial charge in [-0.05, 0) is 46.5 Å². The van der Waals surface area contributed by atoms with Crippen LogP contribution in [0.15, 0.2) is 12.5 Å². The third-order valence-electron chi connectivity index (χ3n) is 6.17. The number of carbonyl (C=O) groups is 1. The maximum atomic E-state index is 11.7. The number of amides is 1. The number of fused-ring (bicyclic) bond motifs is 1. The standard InChI is InChI=1S/C23H35N7O.CHF3/c1-5-17-14-30(13-10-26-23(2,3)4)21(27-17)16-8-11-29(12-9-16)22-18-6-7-19(31)28-20(18)24-15-25-22;2-1(3)4/h14-16,26H,5-13H2,1-4H3,(H,24,25,28,31);1H. The molecule has 4 heterocycles. The van der Waals surface area contributed by atoms with Gasteiger partial charge in [0.25, 0.3) is 0 Å². The molecule has 11 heteroatoms. The van der Waals surface area contributed by atoms with E-state index in [4.69, 9.17) is 4.98 Å². The molecule has 0 bridgehead atoms. The Morgan fingerprint density at radius 3 is 2.49 bits per heavy atom. The van der Waals surface area contributed by atoms with Gasteiger partial charge in [-0.1, -0.05) is 6.92 Å². The molecule has 2 N–H and O–H groups in total. The number of imidazole rings is 1. The van der Waals surface area contributed by atoms with Crippen LogP contribution in [0.1, 0.15) is 70.0 Å². The Bertz CT molecular complexity index is 979. The highest BCUT2D eigenvalue weighted by molar-refractivity contribution is 5.93. The van der Waals surface area contributed by atoms with Crippen molar-refractivity contribution < 1.29 is 18.0 Å². The minimum absolute atomic E-state index is 0.0374. The minimum Gasteiger partial charge on any atom is -0.356 e. The van der Waals surface area contributed by atoms with Crippen molar-refractivity contribution in [3.05, 3.63) is 29.6 Å². The molecule has 0 aliphatic carbocycles. The first-order chi connectivity index (χ1) is 16.6. The Morgan fingerprint density at radius 2 is 1.86 bits per heavy atom. The van der Waals surface area contributed by atoms with E-state index in [9.17, 15) is 18.0 Å². The number of nitrogens with zero attached hydrogens (tertiary/aromatic N) is 5. The lowest BCUT2D eigenvalue weighted by Crippen LogP contribution is -2.38. The summed E-state index contributed by atoms with van der Waals surface area (Å²) in [5.74, 6) is 3.39. The quantitative estimate of drug-likeness (QED) is 0.628. The molecule has 1 amide bonds. The van der Waals surface area contributed by atoms with Gasteiger partial charge in [-0.3, -0.25) is 4.79 Å². The molecular weight excluding hydrogens is 459 g/mol. The summed E-state index contributed by atoms with van der Waals surface area (Å²) in [6.07, 6.45) is 8.08. The number of aromatic nitrogens is 4. The Balaban J connectivity index is 0.000000795. The number of halogens is 3. The zero-order valence-electron chi connectivity index (χ0n) is 21.0. The van der Waals surface area contributed by atoms with Crippen LogP contribution < -0.4 is 15.5 Å². The Hall–Kier alpha value is -2.69. The van der Waals surface area contributed by atoms with Crippen molar-refractivity contribution in [1.29, 1.82) is 0 Å². The molecule has 0 atom stereocenters. The highest BCUT2D eigenvalue weighted by Gasteiger charge is 2.29. The van der Waals surface area contributed by atoms with Crippen LogP contribution in [-0.4, -0.2) is 57.3 Å². The minimum atomic E-state index is -3.67. The van der Waals surface area contributed by atoms with Gasteiger partial charge < -0.3 is 20.1 Å². The summed E-state index contributed by atoms with van der Waals surface area (Å²) in [6.45, 7) is 8.87. The van der Waals surface area contributed by atoms with E-state index >= 15 is 0 Å². The van der Waals surface area contributed by atoms with E-state index in [0.717, 1.165) is 56.8 Å². The van der Waals surface area contributed by atoms with Gasteiger partial charge in [-0.2, -0.15) is 13.2 Å². The topological polar surface area (TPSA) is 88.0 Å². The molecule has 2 aliphatic rings. The zero-order chi connectivity index (χ0) is 25.6. The lowest BCUT2D eigenvalue weighted by atomic mass is 9.95. The lowest BCUT2D eigenvalue weighted by Gasteiger charge is -2.34. The van der Waals surface area contributed by atoms with Crippen LogP contribution >= 0.6 is 0 Å². The van der Waals surface area contributed by atoms with E-state index in [2.05, 4.69) is 64.0 Å². The van der Waals surface area contributed by atoms with Crippen LogP contribution in [0.25, 0.3) is 0 Å². The average Bonchev–Trinajstić information content (AvgIpc) is 3.20. The third-order valence-corrected chi connectivity index (χ3v) is 6.17. The summed E-state index contributed by atoms with van der Waals surface area (Å²) >= 11 is 0. The zero-order valence-corrected chi connectivity index (χ0v) is 21.0. The van der Waals surface area contributed by atoms with Crippen LogP contribution in [0.2, 0.25) is 0 Å². The van der Waals surface area contributed by atoms with Gasteiger partial charge in [0.15, 0.2) is 0 Å². The molecule has 194 valence electrons. The molecule has 0 saturated carbocycles. The number of anilines is 2. The maximum Gasteiger partial charge on any atom is 0.379 e. The fraction of sp³-hybridized carbons (Fsp3) is 0.667. The molecule has 2 aliphatic heterocycles. The number of rotatable bonds is 6. The number of carbonyl (C=O) groups excluding carboxylic acids is 1. The molecule has 2 aromatic heterocycles. The summed E-state index contributed by atoms with van der Waals surface area (Å²) in [7, 11) is 0. The van der Waals surface area contributed by atoms with Crippen molar-refractivity contribution in [2.75, 3.05) is 29.9 Å². The van der Waals surface area contributed by atoms with Crippen molar-refractivity contribution in [3.8, 4) is 0 Å². The summed E-state index contributed by atoms with van der Waals surface area (Å²) in [5, 5.41) is 6.47. The Morgan fingerprint density at radius 1 is 1.17 bits per heavy atom. The third kappa shape index (κ3) is 7.65. The smallest absolute Gasteiger partial charge is 0.356 e. The molecule has 0 aromatic carbocycles. The van der Waals surface area contributed by atoms with Crippen LogP contribution in [0.5, 0.6) is 0 Å². The fourth-order valence-electron chi connectivity index (χ4n) is 4.51. The molecule has 1 saturated heterocycles. The monoisotopic (exact) mass is 495 g/mol. The first-order valence-electron chi connectivity index (χ1n) is 12.2. The summed E-state index contributed by atoms with van der Waals surface area (Å²) in [6, 6.07) is 0. The van der Waals surface area contributed by atoms with Crippen molar-refractivity contribution >= 4 is 17.5 Å². The van der Waals surface area contributed by atoms with Gasteiger partial charge in [0.1, 0.15) is 23.8 Å². The van der Waals surface area contributed by atoms with Crippen LogP contribution in [0.4, 0.5) is 24.8 Å². The first-order valence-corrected chi connectivity index (χ1v) is 12.2. The van der Waals surface area contributed by atoms with E-state index in [1.165, 1.54) is 11.5 Å². The maximum absolute atomic E-state index is 11.7. The van der Waals surface area contributed by atoms with Crippen molar-refractivity contribution in [2.24, 2.45) is 0 Å². The number of alkyl halides is 3. The molecule has 8 nitrogen and oxygen atoms in total. The lowest BCUT2D eigenvalue weighted by molar-refractivity contribution is -0.116. The van der Waals surface area contributed by atoms with Crippen molar-refractivity contribution in [2.45, 2.75) is 84.5 Å². The second kappa shape index (κ2) is 11.8. The Labute approximate surface area is 204 Å². The van der Waals surface area contributed by atoms with E-state index in [1.54, 1.807) is 6.33 Å². The molecule has 0 unspecified atom stereocenters. The number of hydrogen-bond acceptors (Lipinski definition) is 6. The van der Waals surface area contributed by atoms with Gasteiger partial charge >= 0.3 is 6.68 Å². The van der Waals surface area contributed by atoms with Crippen molar-refractivity contribution in [1.82, 2.24) is 24.8 Å². The highest BCUT2D eigenvalue weighted by atomic mass is 19.4. The highest BCUT2D eigenvalue weighted by Crippen LogP contribution is 2.33. The van der Waals surface area contributed by atoms with E-state index in [1.807, 2.05) is 0 Å². The van der Waals surface area contributed by atoms with E-state index < -0.39 is 6.68 Å². The number of nitrogens with one attached hydrogen (secondary N) is 2. The van der Waals surface area contributed by atoms with Gasteiger partial charge in [0.05, 0.1) is 5.69 Å².